The van der Waals surface area contributed by atoms with Crippen LogP contribution in [0.1, 0.15) is 15.9 Å². The molecule has 0 fully saturated rings. The van der Waals surface area contributed by atoms with Crippen molar-refractivity contribution >= 4 is 40.0 Å². The zero-order chi connectivity index (χ0) is 15.1. The van der Waals surface area contributed by atoms with Gasteiger partial charge in [0.05, 0.1) is 21.2 Å². The third-order valence-electron chi connectivity index (χ3n) is 3.36. The van der Waals surface area contributed by atoms with Gasteiger partial charge >= 0.3 is 0 Å². The van der Waals surface area contributed by atoms with E-state index in [9.17, 15) is 4.79 Å². The highest BCUT2D eigenvalue weighted by Crippen LogP contribution is 2.32. The summed E-state index contributed by atoms with van der Waals surface area (Å²) in [6, 6.07) is 5.31. The third kappa shape index (κ3) is 2.26. The predicted octanol–water partition coefficient (Wildman–Crippen LogP) is 3.74. The average molecular weight is 320 g/mol. The van der Waals surface area contributed by atoms with Crippen LogP contribution in [0.2, 0.25) is 10.0 Å². The Morgan fingerprint density at radius 3 is 2.52 bits per heavy atom. The number of carbonyl (C=O) groups excluding carboxylic acids is 1. The van der Waals surface area contributed by atoms with Crippen LogP contribution < -0.4 is 5.73 Å². The number of aromatic nitrogens is 2. The number of pyridine rings is 1. The lowest BCUT2D eigenvalue weighted by Crippen LogP contribution is -2.10. The van der Waals surface area contributed by atoms with Gasteiger partial charge in [0.25, 0.3) is 0 Å². The van der Waals surface area contributed by atoms with Gasteiger partial charge in [-0.1, -0.05) is 29.3 Å². The van der Waals surface area contributed by atoms with E-state index < -0.39 is 5.91 Å². The molecule has 0 atom stereocenters. The monoisotopic (exact) mass is 319 g/mol. The quantitative estimate of drug-likeness (QED) is 0.782. The van der Waals surface area contributed by atoms with Crippen molar-refractivity contribution in [2.75, 3.05) is 0 Å². The van der Waals surface area contributed by atoms with Crippen LogP contribution >= 0.6 is 23.2 Å². The first kappa shape index (κ1) is 13.9. The van der Waals surface area contributed by atoms with Gasteiger partial charge in [-0.2, -0.15) is 0 Å². The smallest absolute Gasteiger partial charge is 0.248 e. The van der Waals surface area contributed by atoms with Crippen molar-refractivity contribution < 1.29 is 4.79 Å². The molecule has 3 aromatic rings. The molecule has 21 heavy (non-hydrogen) atoms. The molecule has 0 radical (unpaired) electrons. The third-order valence-corrected chi connectivity index (χ3v) is 3.91. The summed E-state index contributed by atoms with van der Waals surface area (Å²) in [5.41, 5.74) is 8.28. The van der Waals surface area contributed by atoms with Crippen LogP contribution in [-0.4, -0.2) is 15.5 Å². The summed E-state index contributed by atoms with van der Waals surface area (Å²) in [6.07, 6.45) is 4.98. The fraction of sp³-hybridized carbons (Fsp3) is 0.0667. The molecule has 4 nitrogen and oxygen atoms in total. The average Bonchev–Trinajstić information content (AvgIpc) is 2.75. The molecule has 0 unspecified atom stereocenters. The Morgan fingerprint density at radius 1 is 1.24 bits per heavy atom. The highest BCUT2D eigenvalue weighted by atomic mass is 35.5. The van der Waals surface area contributed by atoms with Gasteiger partial charge in [-0.3, -0.25) is 9.78 Å². The number of primary amides is 1. The number of rotatable bonds is 2. The number of hydrogen-bond acceptors (Lipinski definition) is 2. The number of carbonyl (C=O) groups is 1. The first-order chi connectivity index (χ1) is 9.99. The Labute approximate surface area is 131 Å². The van der Waals surface area contributed by atoms with E-state index >= 15 is 0 Å². The van der Waals surface area contributed by atoms with Crippen LogP contribution in [0.25, 0.3) is 16.6 Å². The van der Waals surface area contributed by atoms with E-state index in [1.807, 2.05) is 23.8 Å². The van der Waals surface area contributed by atoms with Gasteiger partial charge in [0, 0.05) is 29.5 Å². The lowest BCUT2D eigenvalue weighted by Gasteiger charge is -2.09. The summed E-state index contributed by atoms with van der Waals surface area (Å²) >= 11 is 12.4. The van der Waals surface area contributed by atoms with E-state index in [4.69, 9.17) is 28.9 Å². The molecular formula is C15H11Cl2N3O. The number of nitrogens with two attached hydrogens (primary N) is 1. The highest BCUT2D eigenvalue weighted by molar-refractivity contribution is 6.37. The van der Waals surface area contributed by atoms with Crippen molar-refractivity contribution in [3.8, 4) is 5.69 Å². The number of aryl methyl sites for hydroxylation is 1. The topological polar surface area (TPSA) is 60.9 Å². The molecule has 106 valence electrons. The molecule has 0 spiro atoms. The lowest BCUT2D eigenvalue weighted by atomic mass is 10.1. The maximum Gasteiger partial charge on any atom is 0.248 e. The van der Waals surface area contributed by atoms with Crippen LogP contribution in [0.3, 0.4) is 0 Å². The first-order valence-corrected chi connectivity index (χ1v) is 6.95. The van der Waals surface area contributed by atoms with Crippen molar-refractivity contribution in [3.63, 3.8) is 0 Å². The van der Waals surface area contributed by atoms with Gasteiger partial charge in [-0.25, -0.2) is 0 Å². The zero-order valence-corrected chi connectivity index (χ0v) is 12.6. The number of halogens is 2. The Kier molecular flexibility index (Phi) is 3.35. The fourth-order valence-corrected chi connectivity index (χ4v) is 2.92. The number of benzene rings is 1. The van der Waals surface area contributed by atoms with Crippen LogP contribution in [0.4, 0.5) is 0 Å². The summed E-state index contributed by atoms with van der Waals surface area (Å²) in [7, 11) is 0. The Balaban J connectivity index is 2.37. The van der Waals surface area contributed by atoms with Gasteiger partial charge in [-0.05, 0) is 24.6 Å². The van der Waals surface area contributed by atoms with E-state index in [1.165, 1.54) is 12.4 Å². The van der Waals surface area contributed by atoms with E-state index in [0.29, 0.717) is 21.3 Å². The van der Waals surface area contributed by atoms with E-state index in [0.717, 1.165) is 16.5 Å². The van der Waals surface area contributed by atoms with Gasteiger partial charge in [0.15, 0.2) is 0 Å². The molecule has 0 bridgehead atoms. The minimum Gasteiger partial charge on any atom is -0.366 e. The van der Waals surface area contributed by atoms with Crippen molar-refractivity contribution in [1.82, 2.24) is 9.55 Å². The summed E-state index contributed by atoms with van der Waals surface area (Å²) in [5.74, 6) is -0.478. The van der Waals surface area contributed by atoms with Crippen molar-refractivity contribution in [2.24, 2.45) is 5.73 Å². The molecule has 6 heteroatoms. The number of amides is 1. The van der Waals surface area contributed by atoms with E-state index in [1.54, 1.807) is 12.1 Å². The van der Waals surface area contributed by atoms with Crippen molar-refractivity contribution in [2.45, 2.75) is 6.92 Å². The summed E-state index contributed by atoms with van der Waals surface area (Å²) in [6.45, 7) is 1.98. The normalized spacial score (nSPS) is 11.0. The predicted molar refractivity (Wildman–Crippen MR) is 84.3 cm³/mol. The Hall–Kier alpha value is -2.04. The number of hydrogen-bond donors (Lipinski definition) is 1. The highest BCUT2D eigenvalue weighted by Gasteiger charge is 2.14. The van der Waals surface area contributed by atoms with Gasteiger partial charge in [0.2, 0.25) is 5.91 Å². The lowest BCUT2D eigenvalue weighted by molar-refractivity contribution is 0.100. The molecular weight excluding hydrogens is 309 g/mol. The molecule has 2 N–H and O–H groups in total. The van der Waals surface area contributed by atoms with E-state index in [-0.39, 0.29) is 0 Å². The van der Waals surface area contributed by atoms with Crippen molar-refractivity contribution in [1.29, 1.82) is 0 Å². The minimum absolute atomic E-state index is 0.433. The van der Waals surface area contributed by atoms with Crippen LogP contribution in [0, 0.1) is 6.92 Å². The molecule has 0 aliphatic heterocycles. The Morgan fingerprint density at radius 2 is 1.90 bits per heavy atom. The molecule has 2 aromatic heterocycles. The number of nitrogens with zero attached hydrogens (tertiary/aromatic N) is 2. The standard InChI is InChI=1S/C15H11Cl2N3O/c1-8-7-20(14-11(16)5-19-6-12(14)17)13-4-9(15(18)21)2-3-10(8)13/h2-7H,1H3,(H2,18,21). The SMILES string of the molecule is Cc1cn(-c2c(Cl)cncc2Cl)c2cc(C(N)=O)ccc12. The Bertz CT molecular complexity index is 850. The van der Waals surface area contributed by atoms with Gasteiger partial charge < -0.3 is 10.3 Å². The molecule has 0 saturated carbocycles. The number of fused-ring (bicyclic) bond motifs is 1. The first-order valence-electron chi connectivity index (χ1n) is 6.20. The van der Waals surface area contributed by atoms with Crippen LogP contribution in [-0.2, 0) is 0 Å². The maximum absolute atomic E-state index is 11.4. The largest absolute Gasteiger partial charge is 0.366 e. The molecule has 0 aliphatic rings. The van der Waals surface area contributed by atoms with Gasteiger partial charge in [0.1, 0.15) is 0 Å². The summed E-state index contributed by atoms with van der Waals surface area (Å²) in [4.78, 5) is 15.3. The van der Waals surface area contributed by atoms with Crippen LogP contribution in [0.5, 0.6) is 0 Å². The molecule has 1 amide bonds. The molecule has 0 saturated heterocycles. The molecule has 1 aromatic carbocycles. The second kappa shape index (κ2) is 5.06. The summed E-state index contributed by atoms with van der Waals surface area (Å²) < 4.78 is 1.85. The zero-order valence-electron chi connectivity index (χ0n) is 11.1. The minimum atomic E-state index is -0.478. The van der Waals surface area contributed by atoms with Crippen molar-refractivity contribution in [3.05, 3.63) is 58.0 Å². The molecule has 2 heterocycles. The van der Waals surface area contributed by atoms with Gasteiger partial charge in [-0.15, -0.1) is 0 Å². The second-order valence-electron chi connectivity index (χ2n) is 4.73. The molecule has 3 rings (SSSR count). The van der Waals surface area contributed by atoms with E-state index in [2.05, 4.69) is 4.98 Å². The van der Waals surface area contributed by atoms with Crippen LogP contribution in [0.15, 0.2) is 36.8 Å². The second-order valence-corrected chi connectivity index (χ2v) is 5.54. The molecule has 0 aliphatic carbocycles. The summed E-state index contributed by atoms with van der Waals surface area (Å²) in [5, 5.41) is 1.87. The fourth-order valence-electron chi connectivity index (χ4n) is 2.37. The maximum atomic E-state index is 11.4.